The number of aliphatic imine (C=N–C) groups is 1. The molecule has 2 aliphatic heterocycles. The van der Waals surface area contributed by atoms with Gasteiger partial charge in [0.2, 0.25) is 0 Å². The second-order valence-electron chi connectivity index (χ2n) is 4.73. The van der Waals surface area contributed by atoms with Crippen LogP contribution in [-0.2, 0) is 4.74 Å². The molecule has 0 aromatic rings. The third-order valence-electron chi connectivity index (χ3n) is 3.53. The highest BCUT2D eigenvalue weighted by atomic mass is 16.5. The summed E-state index contributed by atoms with van der Waals surface area (Å²) in [5, 5.41) is 0. The van der Waals surface area contributed by atoms with E-state index in [0.717, 1.165) is 32.0 Å². The number of morpholine rings is 1. The molecule has 1 fully saturated rings. The van der Waals surface area contributed by atoms with Crippen molar-refractivity contribution >= 4 is 5.71 Å². The van der Waals surface area contributed by atoms with Crippen molar-refractivity contribution in [2.75, 3.05) is 26.3 Å². The summed E-state index contributed by atoms with van der Waals surface area (Å²) in [7, 11) is 0. The Labute approximate surface area is 102 Å². The van der Waals surface area contributed by atoms with Gasteiger partial charge in [0.1, 0.15) is 0 Å². The van der Waals surface area contributed by atoms with Gasteiger partial charge < -0.3 is 9.64 Å². The van der Waals surface area contributed by atoms with E-state index in [2.05, 4.69) is 42.2 Å². The Hall–Kier alpha value is -1.35. The van der Waals surface area contributed by atoms with Gasteiger partial charge in [0.25, 0.3) is 0 Å². The van der Waals surface area contributed by atoms with Crippen molar-refractivity contribution in [2.24, 2.45) is 10.9 Å². The lowest BCUT2D eigenvalue weighted by atomic mass is 9.88. The van der Waals surface area contributed by atoms with Crippen LogP contribution in [0.1, 0.15) is 6.92 Å². The number of rotatable bonds is 1. The quantitative estimate of drug-likeness (QED) is 0.686. The molecule has 0 amide bonds. The fourth-order valence-electron chi connectivity index (χ4n) is 2.70. The van der Waals surface area contributed by atoms with Crippen molar-refractivity contribution in [1.82, 2.24) is 4.90 Å². The molecule has 1 aliphatic carbocycles. The summed E-state index contributed by atoms with van der Waals surface area (Å²) in [6.45, 7) is 5.76. The minimum Gasteiger partial charge on any atom is -0.378 e. The Morgan fingerprint density at radius 1 is 1.24 bits per heavy atom. The fraction of sp³-hybridized carbons (Fsp3) is 0.500. The van der Waals surface area contributed by atoms with Crippen molar-refractivity contribution in [3.05, 3.63) is 36.1 Å². The highest BCUT2D eigenvalue weighted by Gasteiger charge is 2.29. The van der Waals surface area contributed by atoms with E-state index in [4.69, 9.17) is 9.73 Å². The summed E-state index contributed by atoms with van der Waals surface area (Å²) in [6.07, 6.45) is 10.9. The maximum Gasteiger partial charge on any atom is 0.0803 e. The SMILES string of the molecule is CC1=NC2C=CC=CC2C(N2CCOCC2)=C1. The molecule has 3 nitrogen and oxygen atoms in total. The minimum atomic E-state index is 0.294. The number of fused-ring (bicyclic) bond motifs is 1. The van der Waals surface area contributed by atoms with Crippen LogP contribution in [-0.4, -0.2) is 43.0 Å². The predicted molar refractivity (Wildman–Crippen MR) is 69.1 cm³/mol. The molecule has 2 atom stereocenters. The van der Waals surface area contributed by atoms with Crippen LogP contribution in [0.3, 0.4) is 0 Å². The van der Waals surface area contributed by atoms with Gasteiger partial charge in [-0.15, -0.1) is 0 Å². The van der Waals surface area contributed by atoms with Gasteiger partial charge >= 0.3 is 0 Å². The third kappa shape index (κ3) is 2.07. The van der Waals surface area contributed by atoms with Crippen LogP contribution in [0.4, 0.5) is 0 Å². The topological polar surface area (TPSA) is 24.8 Å². The van der Waals surface area contributed by atoms with E-state index in [1.165, 1.54) is 5.70 Å². The molecule has 0 N–H and O–H groups in total. The number of nitrogens with zero attached hydrogens (tertiary/aromatic N) is 2. The zero-order chi connectivity index (χ0) is 11.7. The Morgan fingerprint density at radius 2 is 2.00 bits per heavy atom. The summed E-state index contributed by atoms with van der Waals surface area (Å²) in [5.41, 5.74) is 2.54. The van der Waals surface area contributed by atoms with Crippen LogP contribution in [0.15, 0.2) is 41.1 Å². The van der Waals surface area contributed by atoms with E-state index < -0.39 is 0 Å². The maximum absolute atomic E-state index is 5.42. The van der Waals surface area contributed by atoms with Crippen LogP contribution in [0.25, 0.3) is 0 Å². The molecule has 0 aromatic carbocycles. The first-order chi connectivity index (χ1) is 8.34. The molecule has 17 heavy (non-hydrogen) atoms. The molecular weight excluding hydrogens is 212 g/mol. The molecule has 3 heteroatoms. The summed E-state index contributed by atoms with van der Waals surface area (Å²) in [4.78, 5) is 7.14. The van der Waals surface area contributed by atoms with Crippen LogP contribution in [0.5, 0.6) is 0 Å². The van der Waals surface area contributed by atoms with E-state index in [-0.39, 0.29) is 0 Å². The van der Waals surface area contributed by atoms with E-state index >= 15 is 0 Å². The average molecular weight is 230 g/mol. The van der Waals surface area contributed by atoms with E-state index in [9.17, 15) is 0 Å². The van der Waals surface area contributed by atoms with Crippen molar-refractivity contribution in [2.45, 2.75) is 13.0 Å². The van der Waals surface area contributed by atoms with Gasteiger partial charge in [-0.3, -0.25) is 4.99 Å². The summed E-state index contributed by atoms with van der Waals surface area (Å²) >= 11 is 0. The third-order valence-corrected chi connectivity index (χ3v) is 3.53. The summed E-state index contributed by atoms with van der Waals surface area (Å²) in [6, 6.07) is 0.294. The predicted octanol–water partition coefficient (Wildman–Crippen LogP) is 1.79. The van der Waals surface area contributed by atoms with Crippen molar-refractivity contribution in [3.63, 3.8) is 0 Å². The highest BCUT2D eigenvalue weighted by molar-refractivity contribution is 5.94. The molecule has 90 valence electrons. The number of hydrogen-bond donors (Lipinski definition) is 0. The standard InChI is InChI=1S/C14H18N2O/c1-11-10-14(16-6-8-17-9-7-16)12-4-2-3-5-13(12)15-11/h2-5,10,12-13H,6-9H2,1H3. The Balaban J connectivity index is 1.88. The first kappa shape index (κ1) is 10.8. The van der Waals surface area contributed by atoms with Gasteiger partial charge in [-0.05, 0) is 13.0 Å². The number of allylic oxidation sites excluding steroid dienone is 3. The van der Waals surface area contributed by atoms with E-state index in [1.54, 1.807) is 0 Å². The van der Waals surface area contributed by atoms with Gasteiger partial charge in [-0.25, -0.2) is 0 Å². The molecule has 2 heterocycles. The zero-order valence-electron chi connectivity index (χ0n) is 10.2. The normalized spacial score (nSPS) is 31.9. The lowest BCUT2D eigenvalue weighted by Gasteiger charge is -2.38. The van der Waals surface area contributed by atoms with Crippen LogP contribution in [0, 0.1) is 5.92 Å². The van der Waals surface area contributed by atoms with Crippen molar-refractivity contribution < 1.29 is 4.74 Å². The van der Waals surface area contributed by atoms with E-state index in [0.29, 0.717) is 12.0 Å². The summed E-state index contributed by atoms with van der Waals surface area (Å²) in [5.74, 6) is 0.418. The second kappa shape index (κ2) is 4.49. The first-order valence-corrected chi connectivity index (χ1v) is 6.28. The fourth-order valence-corrected chi connectivity index (χ4v) is 2.70. The number of dihydropyridines is 1. The Kier molecular flexibility index (Phi) is 2.85. The van der Waals surface area contributed by atoms with Gasteiger partial charge in [0.05, 0.1) is 19.3 Å². The lowest BCUT2D eigenvalue weighted by Crippen LogP contribution is -2.41. The van der Waals surface area contributed by atoms with Crippen molar-refractivity contribution in [1.29, 1.82) is 0 Å². The molecule has 2 unspecified atom stereocenters. The van der Waals surface area contributed by atoms with Crippen LogP contribution < -0.4 is 0 Å². The second-order valence-corrected chi connectivity index (χ2v) is 4.73. The van der Waals surface area contributed by atoms with Gasteiger partial charge in [-0.1, -0.05) is 24.3 Å². The molecule has 0 aromatic heterocycles. The molecular formula is C14H18N2O. The lowest BCUT2D eigenvalue weighted by molar-refractivity contribution is 0.0494. The largest absolute Gasteiger partial charge is 0.378 e. The average Bonchev–Trinajstić information content (AvgIpc) is 2.39. The Morgan fingerprint density at radius 3 is 2.82 bits per heavy atom. The van der Waals surface area contributed by atoms with Gasteiger partial charge in [-0.2, -0.15) is 0 Å². The Bertz CT molecular complexity index is 414. The van der Waals surface area contributed by atoms with Crippen LogP contribution >= 0.6 is 0 Å². The smallest absolute Gasteiger partial charge is 0.0803 e. The van der Waals surface area contributed by atoms with Gasteiger partial charge in [0.15, 0.2) is 0 Å². The highest BCUT2D eigenvalue weighted by Crippen LogP contribution is 2.30. The molecule has 0 radical (unpaired) electrons. The minimum absolute atomic E-state index is 0.294. The zero-order valence-corrected chi connectivity index (χ0v) is 10.2. The molecule has 1 saturated heterocycles. The number of hydrogen-bond acceptors (Lipinski definition) is 3. The number of ether oxygens (including phenoxy) is 1. The summed E-state index contributed by atoms with van der Waals surface area (Å²) < 4.78 is 5.42. The van der Waals surface area contributed by atoms with Gasteiger partial charge in [0, 0.05) is 30.4 Å². The molecule has 0 bridgehead atoms. The molecule has 0 saturated carbocycles. The van der Waals surface area contributed by atoms with E-state index in [1.807, 2.05) is 0 Å². The maximum atomic E-state index is 5.42. The molecule has 0 spiro atoms. The van der Waals surface area contributed by atoms with Crippen LogP contribution in [0.2, 0.25) is 0 Å². The molecule has 3 aliphatic rings. The monoisotopic (exact) mass is 230 g/mol. The van der Waals surface area contributed by atoms with Crippen molar-refractivity contribution in [3.8, 4) is 0 Å². The first-order valence-electron chi connectivity index (χ1n) is 6.28. The molecule has 3 rings (SSSR count).